The first-order chi connectivity index (χ1) is 18.4. The molecule has 0 saturated heterocycles. The van der Waals surface area contributed by atoms with Crippen molar-refractivity contribution < 1.29 is 0 Å². The van der Waals surface area contributed by atoms with Crippen LogP contribution in [0.5, 0.6) is 0 Å². The van der Waals surface area contributed by atoms with E-state index in [0.717, 1.165) is 28.1 Å². The molecule has 0 atom stereocenters. The van der Waals surface area contributed by atoms with Crippen molar-refractivity contribution in [1.29, 1.82) is 0 Å². The van der Waals surface area contributed by atoms with Crippen LogP contribution in [-0.4, -0.2) is 4.98 Å². The number of anilines is 3. The lowest BCUT2D eigenvalue weighted by atomic mass is 9.90. The van der Waals surface area contributed by atoms with Crippen molar-refractivity contribution in [1.82, 2.24) is 4.98 Å². The van der Waals surface area contributed by atoms with Crippen LogP contribution in [-0.2, 0) is 0 Å². The van der Waals surface area contributed by atoms with Gasteiger partial charge in [-0.2, -0.15) is 0 Å². The van der Waals surface area contributed by atoms with Gasteiger partial charge in [-0.05, 0) is 52.2 Å². The maximum absolute atomic E-state index is 5.15. The third-order valence-electron chi connectivity index (χ3n) is 7.02. The van der Waals surface area contributed by atoms with Crippen molar-refractivity contribution in [2.45, 2.75) is 0 Å². The predicted molar refractivity (Wildman–Crippen MR) is 157 cm³/mol. The van der Waals surface area contributed by atoms with E-state index in [1.54, 1.807) is 0 Å². The molecule has 0 N–H and O–H groups in total. The fourth-order valence-electron chi connectivity index (χ4n) is 5.39. The Morgan fingerprint density at radius 3 is 1.65 bits per heavy atom. The first-order valence-electron chi connectivity index (χ1n) is 12.6. The van der Waals surface area contributed by atoms with Crippen LogP contribution in [0, 0.1) is 0 Å². The van der Waals surface area contributed by atoms with Gasteiger partial charge in [0, 0.05) is 21.8 Å². The zero-order valence-corrected chi connectivity index (χ0v) is 20.3. The average Bonchev–Trinajstić information content (AvgIpc) is 2.98. The number of rotatable bonds is 4. The molecule has 2 nitrogen and oxygen atoms in total. The Morgan fingerprint density at radius 2 is 0.973 bits per heavy atom. The molecule has 174 valence electrons. The van der Waals surface area contributed by atoms with E-state index in [4.69, 9.17) is 4.98 Å². The van der Waals surface area contributed by atoms with Gasteiger partial charge in [0.15, 0.2) is 0 Å². The summed E-state index contributed by atoms with van der Waals surface area (Å²) in [6, 6.07) is 51.3. The van der Waals surface area contributed by atoms with Crippen molar-refractivity contribution in [2.75, 3.05) is 4.90 Å². The van der Waals surface area contributed by atoms with Crippen molar-refractivity contribution in [3.05, 3.63) is 146 Å². The van der Waals surface area contributed by atoms with Gasteiger partial charge >= 0.3 is 0 Å². The summed E-state index contributed by atoms with van der Waals surface area (Å²) in [5.41, 5.74) is 5.68. The van der Waals surface area contributed by atoms with Gasteiger partial charge in [0.05, 0.1) is 11.2 Å². The van der Waals surface area contributed by atoms with Crippen LogP contribution in [0.25, 0.3) is 43.6 Å². The van der Waals surface area contributed by atoms with Crippen LogP contribution < -0.4 is 4.90 Å². The zero-order valence-electron chi connectivity index (χ0n) is 20.3. The fourth-order valence-corrected chi connectivity index (χ4v) is 5.39. The zero-order chi connectivity index (χ0) is 24.6. The SMILES string of the molecule is c1ccc(-c2c3ccccc3c(N(c3ccccc3)c3ccc4ccccc4n3)c3ccccc23)cc1. The van der Waals surface area contributed by atoms with E-state index in [1.165, 1.54) is 32.7 Å². The molecular weight excluding hydrogens is 448 g/mol. The van der Waals surface area contributed by atoms with Gasteiger partial charge in [-0.3, -0.25) is 4.90 Å². The van der Waals surface area contributed by atoms with Crippen molar-refractivity contribution in [3.63, 3.8) is 0 Å². The van der Waals surface area contributed by atoms with Gasteiger partial charge in [-0.25, -0.2) is 4.98 Å². The minimum Gasteiger partial charge on any atom is -0.294 e. The number of hydrogen-bond donors (Lipinski definition) is 0. The molecular formula is C35H24N2. The van der Waals surface area contributed by atoms with Crippen LogP contribution in [0.4, 0.5) is 17.2 Å². The number of nitrogens with zero attached hydrogens (tertiary/aromatic N) is 2. The molecule has 0 aliphatic rings. The van der Waals surface area contributed by atoms with Crippen LogP contribution in [0.3, 0.4) is 0 Å². The fraction of sp³-hybridized carbons (Fsp3) is 0. The lowest BCUT2D eigenvalue weighted by molar-refractivity contribution is 1.22. The van der Waals surface area contributed by atoms with E-state index in [2.05, 4.69) is 144 Å². The molecule has 0 amide bonds. The highest BCUT2D eigenvalue weighted by Crippen LogP contribution is 2.47. The Labute approximate surface area is 216 Å². The number of pyridine rings is 1. The summed E-state index contributed by atoms with van der Waals surface area (Å²) in [5, 5.41) is 5.97. The summed E-state index contributed by atoms with van der Waals surface area (Å²) >= 11 is 0. The molecule has 37 heavy (non-hydrogen) atoms. The number of aromatic nitrogens is 1. The molecule has 0 radical (unpaired) electrons. The molecule has 0 spiro atoms. The molecule has 6 aromatic carbocycles. The Bertz CT molecular complexity index is 1820. The highest BCUT2D eigenvalue weighted by Gasteiger charge is 2.22. The first kappa shape index (κ1) is 21.3. The molecule has 7 aromatic rings. The number of fused-ring (bicyclic) bond motifs is 3. The monoisotopic (exact) mass is 472 g/mol. The predicted octanol–water partition coefficient (Wildman–Crippen LogP) is 9.68. The van der Waals surface area contributed by atoms with Crippen LogP contribution >= 0.6 is 0 Å². The Hall–Kier alpha value is -4.95. The van der Waals surface area contributed by atoms with E-state index >= 15 is 0 Å². The quantitative estimate of drug-likeness (QED) is 0.237. The first-order valence-corrected chi connectivity index (χ1v) is 12.6. The summed E-state index contributed by atoms with van der Waals surface area (Å²) in [6.45, 7) is 0. The summed E-state index contributed by atoms with van der Waals surface area (Å²) in [5.74, 6) is 0.896. The van der Waals surface area contributed by atoms with Gasteiger partial charge in [-0.1, -0.05) is 115 Å². The highest BCUT2D eigenvalue weighted by atomic mass is 15.2. The summed E-state index contributed by atoms with van der Waals surface area (Å²) in [4.78, 5) is 7.46. The number of hydrogen-bond acceptors (Lipinski definition) is 2. The second kappa shape index (κ2) is 8.92. The van der Waals surface area contributed by atoms with Gasteiger partial charge in [0.1, 0.15) is 5.82 Å². The largest absolute Gasteiger partial charge is 0.294 e. The Morgan fingerprint density at radius 1 is 0.432 bits per heavy atom. The molecule has 2 heteroatoms. The van der Waals surface area contributed by atoms with Crippen LogP contribution in [0.15, 0.2) is 146 Å². The third-order valence-corrected chi connectivity index (χ3v) is 7.02. The van der Waals surface area contributed by atoms with Crippen molar-refractivity contribution >= 4 is 49.6 Å². The second-order valence-electron chi connectivity index (χ2n) is 9.21. The average molecular weight is 473 g/mol. The van der Waals surface area contributed by atoms with Gasteiger partial charge in [-0.15, -0.1) is 0 Å². The molecule has 0 fully saturated rings. The lowest BCUT2D eigenvalue weighted by Crippen LogP contribution is -2.13. The van der Waals surface area contributed by atoms with E-state index in [0.29, 0.717) is 0 Å². The topological polar surface area (TPSA) is 16.1 Å². The summed E-state index contributed by atoms with van der Waals surface area (Å²) < 4.78 is 0. The molecule has 0 unspecified atom stereocenters. The summed E-state index contributed by atoms with van der Waals surface area (Å²) in [6.07, 6.45) is 0. The maximum Gasteiger partial charge on any atom is 0.138 e. The standard InChI is InChI=1S/C35H24N2/c1-3-14-26(15-4-1)34-28-18-8-10-20-30(28)35(31-21-11-9-19-29(31)34)37(27-16-5-2-6-17-27)33-24-23-25-13-7-12-22-32(25)36-33/h1-24H. The molecule has 0 aliphatic heterocycles. The molecule has 7 rings (SSSR count). The molecule has 0 bridgehead atoms. The minimum atomic E-state index is 0.896. The van der Waals surface area contributed by atoms with E-state index in [1.807, 2.05) is 6.07 Å². The molecule has 0 aliphatic carbocycles. The highest BCUT2D eigenvalue weighted by molar-refractivity contribution is 6.22. The van der Waals surface area contributed by atoms with Gasteiger partial charge in [0.2, 0.25) is 0 Å². The van der Waals surface area contributed by atoms with E-state index < -0.39 is 0 Å². The smallest absolute Gasteiger partial charge is 0.138 e. The Balaban J connectivity index is 1.62. The normalized spacial score (nSPS) is 11.2. The second-order valence-corrected chi connectivity index (χ2v) is 9.21. The van der Waals surface area contributed by atoms with Crippen LogP contribution in [0.2, 0.25) is 0 Å². The lowest BCUT2D eigenvalue weighted by Gasteiger charge is -2.28. The summed E-state index contributed by atoms with van der Waals surface area (Å²) in [7, 11) is 0. The Kier molecular flexibility index (Phi) is 5.15. The molecule has 1 aromatic heterocycles. The number of benzene rings is 6. The maximum atomic E-state index is 5.15. The van der Waals surface area contributed by atoms with Gasteiger partial charge < -0.3 is 0 Å². The number of para-hydroxylation sites is 2. The third kappa shape index (κ3) is 3.62. The van der Waals surface area contributed by atoms with E-state index in [-0.39, 0.29) is 0 Å². The van der Waals surface area contributed by atoms with Crippen LogP contribution in [0.1, 0.15) is 0 Å². The van der Waals surface area contributed by atoms with Crippen molar-refractivity contribution in [3.8, 4) is 11.1 Å². The minimum absolute atomic E-state index is 0.896. The molecule has 0 saturated carbocycles. The van der Waals surface area contributed by atoms with E-state index in [9.17, 15) is 0 Å². The van der Waals surface area contributed by atoms with Crippen molar-refractivity contribution in [2.24, 2.45) is 0 Å². The molecule has 1 heterocycles. The van der Waals surface area contributed by atoms with Gasteiger partial charge in [0.25, 0.3) is 0 Å².